The minimum Gasteiger partial charge on any atom is -0.267 e. The summed E-state index contributed by atoms with van der Waals surface area (Å²) in [6.07, 6.45) is 0.225. The fourth-order valence-electron chi connectivity index (χ4n) is 2.17. The molecule has 100 valence electrons. The van der Waals surface area contributed by atoms with Gasteiger partial charge in [-0.25, -0.2) is 9.49 Å². The van der Waals surface area contributed by atoms with Crippen LogP contribution >= 0.6 is 11.6 Å². The van der Waals surface area contributed by atoms with E-state index in [4.69, 9.17) is 11.6 Å². The summed E-state index contributed by atoms with van der Waals surface area (Å²) in [5.74, 6) is -0.380. The van der Waals surface area contributed by atoms with Gasteiger partial charge in [0.15, 0.2) is 0 Å². The van der Waals surface area contributed by atoms with Crippen molar-refractivity contribution in [3.05, 3.63) is 74.9 Å². The van der Waals surface area contributed by atoms with Crippen LogP contribution in [0.4, 0.5) is 4.39 Å². The van der Waals surface area contributed by atoms with E-state index >= 15 is 0 Å². The van der Waals surface area contributed by atoms with E-state index in [0.29, 0.717) is 27.1 Å². The number of hydrogen-bond donors (Lipinski definition) is 1. The second-order valence-electron chi connectivity index (χ2n) is 4.42. The van der Waals surface area contributed by atoms with Crippen molar-refractivity contribution in [2.75, 3.05) is 0 Å². The zero-order valence-electron chi connectivity index (χ0n) is 10.4. The number of nitrogens with zero attached hydrogens (tertiary/aromatic N) is 1. The lowest BCUT2D eigenvalue weighted by Gasteiger charge is -2.07. The quantitative estimate of drug-likeness (QED) is 0.786. The highest BCUT2D eigenvalue weighted by atomic mass is 35.5. The van der Waals surface area contributed by atoms with E-state index in [-0.39, 0.29) is 17.8 Å². The smallest absolute Gasteiger partial charge is 0.267 e. The van der Waals surface area contributed by atoms with E-state index in [1.807, 2.05) is 6.07 Å². The van der Waals surface area contributed by atoms with Gasteiger partial charge in [0.25, 0.3) is 5.56 Å². The van der Waals surface area contributed by atoms with Crippen LogP contribution in [0.25, 0.3) is 10.8 Å². The largest absolute Gasteiger partial charge is 0.272 e. The fraction of sp³-hybridized carbons (Fsp3) is 0.0667. The number of rotatable bonds is 2. The van der Waals surface area contributed by atoms with Gasteiger partial charge in [0.2, 0.25) is 0 Å². The molecule has 0 bridgehead atoms. The normalized spacial score (nSPS) is 10.9. The van der Waals surface area contributed by atoms with Crippen LogP contribution in [0.3, 0.4) is 0 Å². The number of nitrogens with one attached hydrogen (secondary N) is 1. The van der Waals surface area contributed by atoms with Gasteiger partial charge >= 0.3 is 0 Å². The van der Waals surface area contributed by atoms with Crippen LogP contribution in [0.15, 0.2) is 47.3 Å². The summed E-state index contributed by atoms with van der Waals surface area (Å²) in [5, 5.41) is 8.04. The van der Waals surface area contributed by atoms with E-state index in [1.54, 1.807) is 30.3 Å². The Kier molecular flexibility index (Phi) is 3.24. The van der Waals surface area contributed by atoms with Gasteiger partial charge in [-0.1, -0.05) is 35.9 Å². The SMILES string of the molecule is O=c1[nH]nc(Cc2c(F)cccc2Cl)c2ccccc12. The van der Waals surface area contributed by atoms with Gasteiger partial charge in [0.05, 0.1) is 11.1 Å². The Balaban J connectivity index is 2.17. The topological polar surface area (TPSA) is 45.8 Å². The first-order chi connectivity index (χ1) is 9.66. The maximum atomic E-state index is 13.8. The zero-order valence-corrected chi connectivity index (χ0v) is 11.1. The summed E-state index contributed by atoms with van der Waals surface area (Å²) in [5.41, 5.74) is 0.704. The first-order valence-corrected chi connectivity index (χ1v) is 6.44. The van der Waals surface area contributed by atoms with E-state index in [0.717, 1.165) is 0 Å². The van der Waals surface area contributed by atoms with E-state index in [9.17, 15) is 9.18 Å². The first-order valence-electron chi connectivity index (χ1n) is 6.06. The molecule has 0 atom stereocenters. The summed E-state index contributed by atoms with van der Waals surface area (Å²) >= 11 is 6.02. The first kappa shape index (κ1) is 12.8. The van der Waals surface area contributed by atoms with Crippen molar-refractivity contribution in [1.29, 1.82) is 0 Å². The third-order valence-electron chi connectivity index (χ3n) is 3.18. The van der Waals surface area contributed by atoms with Crippen molar-refractivity contribution < 1.29 is 4.39 Å². The molecule has 0 aliphatic rings. The Hall–Kier alpha value is -2.20. The molecule has 3 nitrogen and oxygen atoms in total. The molecule has 3 rings (SSSR count). The van der Waals surface area contributed by atoms with Crippen LogP contribution < -0.4 is 5.56 Å². The zero-order chi connectivity index (χ0) is 14.1. The number of hydrogen-bond acceptors (Lipinski definition) is 2. The van der Waals surface area contributed by atoms with Crippen molar-refractivity contribution in [2.45, 2.75) is 6.42 Å². The Morgan fingerprint density at radius 1 is 1.10 bits per heavy atom. The summed E-state index contributed by atoms with van der Waals surface area (Å²) in [4.78, 5) is 11.7. The minimum atomic E-state index is -0.380. The van der Waals surface area contributed by atoms with Crippen LogP contribution in [0.1, 0.15) is 11.3 Å². The number of H-pyrrole nitrogens is 1. The summed E-state index contributed by atoms with van der Waals surface area (Å²) in [6, 6.07) is 11.6. The third-order valence-corrected chi connectivity index (χ3v) is 3.54. The molecule has 1 N–H and O–H groups in total. The lowest BCUT2D eigenvalue weighted by Crippen LogP contribution is -2.11. The van der Waals surface area contributed by atoms with Gasteiger partial charge in [0.1, 0.15) is 5.82 Å². The summed E-state index contributed by atoms with van der Waals surface area (Å²) < 4.78 is 13.8. The summed E-state index contributed by atoms with van der Waals surface area (Å²) in [7, 11) is 0. The highest BCUT2D eigenvalue weighted by Gasteiger charge is 2.12. The predicted molar refractivity (Wildman–Crippen MR) is 76.6 cm³/mol. The molecule has 5 heteroatoms. The number of halogens is 2. The molecule has 0 saturated carbocycles. The van der Waals surface area contributed by atoms with Crippen molar-refractivity contribution in [3.8, 4) is 0 Å². The van der Waals surface area contributed by atoms with Crippen LogP contribution in [0.5, 0.6) is 0 Å². The van der Waals surface area contributed by atoms with Crippen LogP contribution in [0, 0.1) is 5.82 Å². The second-order valence-corrected chi connectivity index (χ2v) is 4.83. The molecule has 2 aromatic carbocycles. The van der Waals surface area contributed by atoms with Crippen molar-refractivity contribution in [3.63, 3.8) is 0 Å². The lowest BCUT2D eigenvalue weighted by atomic mass is 10.0. The van der Waals surface area contributed by atoms with Crippen LogP contribution in [-0.4, -0.2) is 10.2 Å². The van der Waals surface area contributed by atoms with E-state index in [1.165, 1.54) is 6.07 Å². The molecule has 1 heterocycles. The lowest BCUT2D eigenvalue weighted by molar-refractivity contribution is 0.613. The molecule has 0 radical (unpaired) electrons. The maximum Gasteiger partial charge on any atom is 0.272 e. The molecule has 0 unspecified atom stereocenters. The maximum absolute atomic E-state index is 13.8. The average Bonchev–Trinajstić information content (AvgIpc) is 2.46. The third kappa shape index (κ3) is 2.18. The molecule has 3 aromatic rings. The highest BCUT2D eigenvalue weighted by molar-refractivity contribution is 6.31. The van der Waals surface area contributed by atoms with Gasteiger partial charge in [-0.2, -0.15) is 5.10 Å². The van der Waals surface area contributed by atoms with Gasteiger partial charge in [-0.3, -0.25) is 4.79 Å². The molecule has 1 aromatic heterocycles. The molecule has 0 aliphatic heterocycles. The highest BCUT2D eigenvalue weighted by Crippen LogP contribution is 2.23. The molecule has 0 fully saturated rings. The molecule has 0 aliphatic carbocycles. The minimum absolute atomic E-state index is 0.225. The molecule has 20 heavy (non-hydrogen) atoms. The Bertz CT molecular complexity index is 824. The number of aromatic nitrogens is 2. The van der Waals surface area contributed by atoms with E-state index in [2.05, 4.69) is 10.2 Å². The number of benzene rings is 2. The summed E-state index contributed by atoms with van der Waals surface area (Å²) in [6.45, 7) is 0. The van der Waals surface area contributed by atoms with Crippen LogP contribution in [0.2, 0.25) is 5.02 Å². The fourth-order valence-corrected chi connectivity index (χ4v) is 2.40. The predicted octanol–water partition coefficient (Wildman–Crippen LogP) is 3.31. The Morgan fingerprint density at radius 2 is 1.85 bits per heavy atom. The molecule has 0 amide bonds. The van der Waals surface area contributed by atoms with Crippen molar-refractivity contribution >= 4 is 22.4 Å². The van der Waals surface area contributed by atoms with Gasteiger partial charge in [-0.15, -0.1) is 0 Å². The second kappa shape index (κ2) is 5.06. The standard InChI is InChI=1S/C15H10ClFN2O/c16-12-6-3-7-13(17)11(12)8-14-9-4-1-2-5-10(9)15(20)19-18-14/h1-7H,8H2,(H,19,20). The molecular formula is C15H10ClFN2O. The van der Waals surface area contributed by atoms with Crippen LogP contribution in [-0.2, 0) is 6.42 Å². The van der Waals surface area contributed by atoms with Crippen molar-refractivity contribution in [2.24, 2.45) is 0 Å². The molecule has 0 spiro atoms. The Labute approximate surface area is 119 Å². The van der Waals surface area contributed by atoms with Gasteiger partial charge in [0, 0.05) is 22.4 Å². The monoisotopic (exact) mass is 288 g/mol. The number of fused-ring (bicyclic) bond motifs is 1. The molecule has 0 saturated heterocycles. The van der Waals surface area contributed by atoms with Crippen molar-refractivity contribution in [1.82, 2.24) is 10.2 Å². The van der Waals surface area contributed by atoms with Gasteiger partial charge in [-0.05, 0) is 18.2 Å². The Morgan fingerprint density at radius 3 is 2.60 bits per heavy atom. The van der Waals surface area contributed by atoms with Gasteiger partial charge < -0.3 is 0 Å². The van der Waals surface area contributed by atoms with E-state index < -0.39 is 0 Å². The number of aromatic amines is 1. The molecular weight excluding hydrogens is 279 g/mol. The average molecular weight is 289 g/mol.